The monoisotopic (exact) mass is 364 g/mol. The van der Waals surface area contributed by atoms with Gasteiger partial charge in [-0.25, -0.2) is 4.98 Å². The summed E-state index contributed by atoms with van der Waals surface area (Å²) >= 11 is 0. The van der Waals surface area contributed by atoms with Crippen LogP contribution in [0.5, 0.6) is 0 Å². The standard InChI is InChI=1S/C23H44N2O/c1-23(2,3)16-15-21-26-20-14-12-10-8-6-4-5-7-9-11-13-18-25-19-17-24-22-25/h17,19,22H,4-16,18,20-21H2,1-3H3. The van der Waals surface area contributed by atoms with Gasteiger partial charge >= 0.3 is 0 Å². The molecule has 0 amide bonds. The highest BCUT2D eigenvalue weighted by Crippen LogP contribution is 2.20. The largest absolute Gasteiger partial charge is 0.381 e. The van der Waals surface area contributed by atoms with Gasteiger partial charge in [0.05, 0.1) is 6.33 Å². The van der Waals surface area contributed by atoms with Crippen LogP contribution < -0.4 is 0 Å². The summed E-state index contributed by atoms with van der Waals surface area (Å²) in [5.41, 5.74) is 0.448. The summed E-state index contributed by atoms with van der Waals surface area (Å²) in [5.74, 6) is 0. The van der Waals surface area contributed by atoms with E-state index in [-0.39, 0.29) is 0 Å². The van der Waals surface area contributed by atoms with E-state index in [1.807, 2.05) is 12.5 Å². The van der Waals surface area contributed by atoms with Crippen molar-refractivity contribution >= 4 is 0 Å². The van der Waals surface area contributed by atoms with Crippen LogP contribution in [0.3, 0.4) is 0 Å². The van der Waals surface area contributed by atoms with Crippen molar-refractivity contribution in [1.82, 2.24) is 9.55 Å². The molecule has 0 N–H and O–H groups in total. The molecule has 1 aromatic heterocycles. The fourth-order valence-corrected chi connectivity index (χ4v) is 3.32. The number of ether oxygens (including phenoxy) is 1. The molecule has 0 spiro atoms. The Labute approximate surface area is 162 Å². The molecule has 0 unspecified atom stereocenters. The maximum atomic E-state index is 5.74. The summed E-state index contributed by atoms with van der Waals surface area (Å²) in [6, 6.07) is 0. The van der Waals surface area contributed by atoms with Crippen LogP contribution in [0.25, 0.3) is 0 Å². The van der Waals surface area contributed by atoms with Crippen molar-refractivity contribution in [1.29, 1.82) is 0 Å². The summed E-state index contributed by atoms with van der Waals surface area (Å²) in [6.45, 7) is 9.94. The van der Waals surface area contributed by atoms with Crippen LogP contribution in [0.4, 0.5) is 0 Å². The van der Waals surface area contributed by atoms with Crippen molar-refractivity contribution < 1.29 is 4.74 Å². The normalized spacial score (nSPS) is 12.0. The molecule has 26 heavy (non-hydrogen) atoms. The van der Waals surface area contributed by atoms with E-state index in [2.05, 4.69) is 36.5 Å². The van der Waals surface area contributed by atoms with Crippen LogP contribution >= 0.6 is 0 Å². The van der Waals surface area contributed by atoms with E-state index in [9.17, 15) is 0 Å². The molecular formula is C23H44N2O. The summed E-state index contributed by atoms with van der Waals surface area (Å²) in [5, 5.41) is 0. The van der Waals surface area contributed by atoms with Gasteiger partial charge in [0.1, 0.15) is 0 Å². The maximum absolute atomic E-state index is 5.74. The Morgan fingerprint density at radius 3 is 1.81 bits per heavy atom. The van der Waals surface area contributed by atoms with Gasteiger partial charge in [-0.05, 0) is 31.1 Å². The van der Waals surface area contributed by atoms with Crippen LogP contribution in [0.1, 0.15) is 104 Å². The van der Waals surface area contributed by atoms with Gasteiger partial charge in [0.15, 0.2) is 0 Å². The van der Waals surface area contributed by atoms with E-state index in [1.54, 1.807) is 0 Å². The quantitative estimate of drug-likeness (QED) is 0.278. The Morgan fingerprint density at radius 2 is 1.27 bits per heavy atom. The van der Waals surface area contributed by atoms with E-state index in [4.69, 9.17) is 4.74 Å². The van der Waals surface area contributed by atoms with Crippen LogP contribution in [0, 0.1) is 5.41 Å². The van der Waals surface area contributed by atoms with Crippen molar-refractivity contribution in [2.75, 3.05) is 13.2 Å². The molecule has 1 heterocycles. The SMILES string of the molecule is CC(C)(C)CCCOCCCCCCCCCCCCCn1ccnc1. The highest BCUT2D eigenvalue weighted by atomic mass is 16.5. The summed E-state index contributed by atoms with van der Waals surface area (Å²) in [7, 11) is 0. The highest BCUT2D eigenvalue weighted by molar-refractivity contribution is 4.73. The Kier molecular flexibility index (Phi) is 13.6. The first-order valence-electron chi connectivity index (χ1n) is 11.1. The van der Waals surface area contributed by atoms with E-state index in [0.717, 1.165) is 19.8 Å². The second kappa shape index (κ2) is 15.2. The van der Waals surface area contributed by atoms with Gasteiger partial charge in [-0.3, -0.25) is 0 Å². The Balaban J connectivity index is 1.68. The first kappa shape index (κ1) is 23.2. The molecule has 0 bridgehead atoms. The van der Waals surface area contributed by atoms with Crippen LogP contribution in [0.15, 0.2) is 18.7 Å². The van der Waals surface area contributed by atoms with E-state index in [0.29, 0.717) is 5.41 Å². The average molecular weight is 365 g/mol. The minimum absolute atomic E-state index is 0.448. The Bertz CT molecular complexity index is 395. The number of hydrogen-bond donors (Lipinski definition) is 0. The number of nitrogens with zero attached hydrogens (tertiary/aromatic N) is 2. The molecule has 3 heteroatoms. The Morgan fingerprint density at radius 1 is 0.731 bits per heavy atom. The first-order valence-corrected chi connectivity index (χ1v) is 11.1. The molecule has 152 valence electrons. The van der Waals surface area contributed by atoms with Crippen LogP contribution in [-0.4, -0.2) is 22.8 Å². The second-order valence-corrected chi connectivity index (χ2v) is 8.97. The van der Waals surface area contributed by atoms with Crippen molar-refractivity contribution in [3.8, 4) is 0 Å². The number of aromatic nitrogens is 2. The van der Waals surface area contributed by atoms with Gasteiger partial charge in [0.25, 0.3) is 0 Å². The van der Waals surface area contributed by atoms with Gasteiger partial charge in [0, 0.05) is 32.2 Å². The molecular weight excluding hydrogens is 320 g/mol. The molecule has 0 aliphatic heterocycles. The highest BCUT2D eigenvalue weighted by Gasteiger charge is 2.08. The topological polar surface area (TPSA) is 27.1 Å². The third kappa shape index (κ3) is 15.4. The minimum atomic E-state index is 0.448. The predicted molar refractivity (Wildman–Crippen MR) is 113 cm³/mol. The first-order chi connectivity index (χ1) is 12.6. The smallest absolute Gasteiger partial charge is 0.0945 e. The van der Waals surface area contributed by atoms with Crippen molar-refractivity contribution in [2.45, 2.75) is 111 Å². The zero-order valence-electron chi connectivity index (χ0n) is 17.8. The fraction of sp³-hybridized carbons (Fsp3) is 0.870. The third-order valence-corrected chi connectivity index (χ3v) is 4.98. The zero-order valence-corrected chi connectivity index (χ0v) is 17.8. The van der Waals surface area contributed by atoms with Crippen LogP contribution in [-0.2, 0) is 11.3 Å². The van der Waals surface area contributed by atoms with Gasteiger partial charge in [0.2, 0.25) is 0 Å². The maximum Gasteiger partial charge on any atom is 0.0945 e. The minimum Gasteiger partial charge on any atom is -0.381 e. The summed E-state index contributed by atoms with van der Waals surface area (Å²) in [4.78, 5) is 4.08. The molecule has 0 radical (unpaired) electrons. The molecule has 0 aliphatic carbocycles. The molecule has 1 aromatic rings. The van der Waals surface area contributed by atoms with Crippen molar-refractivity contribution in [3.63, 3.8) is 0 Å². The van der Waals surface area contributed by atoms with Crippen LogP contribution in [0.2, 0.25) is 0 Å². The molecule has 0 aliphatic rings. The third-order valence-electron chi connectivity index (χ3n) is 4.98. The second-order valence-electron chi connectivity index (χ2n) is 8.97. The molecule has 3 nitrogen and oxygen atoms in total. The molecule has 0 fully saturated rings. The predicted octanol–water partition coefficient (Wildman–Crippen LogP) is 7.02. The lowest BCUT2D eigenvalue weighted by atomic mass is 9.91. The number of hydrogen-bond acceptors (Lipinski definition) is 2. The lowest BCUT2D eigenvalue weighted by molar-refractivity contribution is 0.118. The molecule has 1 rings (SSSR count). The zero-order chi connectivity index (χ0) is 18.9. The summed E-state index contributed by atoms with van der Waals surface area (Å²) < 4.78 is 7.92. The molecule has 0 saturated heterocycles. The lowest BCUT2D eigenvalue weighted by Gasteiger charge is -2.17. The van der Waals surface area contributed by atoms with Crippen molar-refractivity contribution in [2.24, 2.45) is 5.41 Å². The number of rotatable bonds is 17. The molecule has 0 atom stereocenters. The molecule has 0 saturated carbocycles. The van der Waals surface area contributed by atoms with Crippen molar-refractivity contribution in [3.05, 3.63) is 18.7 Å². The van der Waals surface area contributed by atoms with Gasteiger partial charge < -0.3 is 9.30 Å². The van der Waals surface area contributed by atoms with E-state index < -0.39 is 0 Å². The number of unbranched alkanes of at least 4 members (excludes halogenated alkanes) is 10. The van der Waals surface area contributed by atoms with Gasteiger partial charge in [-0.2, -0.15) is 0 Å². The molecule has 0 aromatic carbocycles. The number of aryl methyl sites for hydroxylation is 1. The number of imidazole rings is 1. The lowest BCUT2D eigenvalue weighted by Crippen LogP contribution is -2.07. The average Bonchev–Trinajstić information content (AvgIpc) is 3.10. The summed E-state index contributed by atoms with van der Waals surface area (Å²) in [6.07, 6.45) is 23.4. The van der Waals surface area contributed by atoms with E-state index >= 15 is 0 Å². The Hall–Kier alpha value is -0.830. The van der Waals surface area contributed by atoms with E-state index in [1.165, 1.54) is 83.5 Å². The van der Waals surface area contributed by atoms with Gasteiger partial charge in [-0.1, -0.05) is 78.6 Å². The van der Waals surface area contributed by atoms with Gasteiger partial charge in [-0.15, -0.1) is 0 Å². The fourth-order valence-electron chi connectivity index (χ4n) is 3.32.